The molecule has 2 aromatic carbocycles. The molecular formula is C19H17F3O2. The van der Waals surface area contributed by atoms with Gasteiger partial charge in [-0.05, 0) is 43.5 Å². The normalized spacial score (nSPS) is 20.4. The number of hydrogen-bond donors (Lipinski definition) is 0. The average molecular weight is 334 g/mol. The molecule has 0 aromatic heterocycles. The zero-order valence-corrected chi connectivity index (χ0v) is 13.2. The molecule has 0 fully saturated rings. The van der Waals surface area contributed by atoms with Crippen LogP contribution in [0.5, 0.6) is 5.75 Å². The minimum absolute atomic E-state index is 0.0247. The molecule has 3 rings (SSSR count). The fourth-order valence-electron chi connectivity index (χ4n) is 2.94. The highest BCUT2D eigenvalue weighted by Crippen LogP contribution is 2.39. The minimum atomic E-state index is -4.46. The molecule has 2 nitrogen and oxygen atoms in total. The number of alkyl halides is 3. The molecule has 24 heavy (non-hydrogen) atoms. The van der Waals surface area contributed by atoms with Gasteiger partial charge in [0.25, 0.3) is 0 Å². The van der Waals surface area contributed by atoms with Crippen LogP contribution >= 0.6 is 0 Å². The molecule has 1 aliphatic heterocycles. The van der Waals surface area contributed by atoms with Crippen LogP contribution in [-0.2, 0) is 12.6 Å². The van der Waals surface area contributed by atoms with Gasteiger partial charge in [0.05, 0.1) is 17.5 Å². The Balaban J connectivity index is 1.83. The molecule has 1 atom stereocenters. The standard InChI is InChI=1S/C19H17F3O2/c1-18(10-9-13-5-3-2-4-6-13)12-16(23)15-8-7-14(19(20,21)22)11-17(15)24-18/h2-8,11H,9-10,12H2,1H3. The average Bonchev–Trinajstić information content (AvgIpc) is 2.52. The number of carbonyl (C=O) groups is 1. The monoisotopic (exact) mass is 334 g/mol. The lowest BCUT2D eigenvalue weighted by atomic mass is 9.86. The largest absolute Gasteiger partial charge is 0.486 e. The van der Waals surface area contributed by atoms with Crippen molar-refractivity contribution in [3.8, 4) is 5.75 Å². The van der Waals surface area contributed by atoms with E-state index in [1.807, 2.05) is 30.3 Å². The maximum absolute atomic E-state index is 12.9. The van der Waals surface area contributed by atoms with E-state index in [4.69, 9.17) is 4.74 Å². The van der Waals surface area contributed by atoms with Crippen molar-refractivity contribution >= 4 is 5.78 Å². The number of ketones is 1. The first-order valence-corrected chi connectivity index (χ1v) is 7.74. The highest BCUT2D eigenvalue weighted by atomic mass is 19.4. The van der Waals surface area contributed by atoms with Gasteiger partial charge in [-0.1, -0.05) is 30.3 Å². The molecule has 2 aromatic rings. The van der Waals surface area contributed by atoms with Crippen molar-refractivity contribution in [2.75, 3.05) is 0 Å². The summed E-state index contributed by atoms with van der Waals surface area (Å²) in [5.74, 6) is -0.155. The fraction of sp³-hybridized carbons (Fsp3) is 0.316. The molecule has 5 heteroatoms. The van der Waals surface area contributed by atoms with Crippen molar-refractivity contribution in [1.82, 2.24) is 0 Å². The van der Waals surface area contributed by atoms with Gasteiger partial charge < -0.3 is 4.74 Å². The van der Waals surface area contributed by atoms with E-state index in [0.29, 0.717) is 12.8 Å². The Morgan fingerprint density at radius 2 is 1.83 bits per heavy atom. The third-order valence-corrected chi connectivity index (χ3v) is 4.29. The van der Waals surface area contributed by atoms with Gasteiger partial charge in [0.2, 0.25) is 0 Å². The van der Waals surface area contributed by atoms with Gasteiger partial charge in [-0.25, -0.2) is 0 Å². The Kier molecular flexibility index (Phi) is 4.11. The number of halogens is 3. The second kappa shape index (κ2) is 5.96. The number of benzene rings is 2. The van der Waals surface area contributed by atoms with Crippen molar-refractivity contribution in [1.29, 1.82) is 0 Å². The Bertz CT molecular complexity index is 753. The van der Waals surface area contributed by atoms with Crippen LogP contribution in [0.25, 0.3) is 0 Å². The Hall–Kier alpha value is -2.30. The summed E-state index contributed by atoms with van der Waals surface area (Å²) in [6.07, 6.45) is -3.05. The maximum Gasteiger partial charge on any atom is 0.416 e. The van der Waals surface area contributed by atoms with Gasteiger partial charge in [-0.2, -0.15) is 13.2 Å². The SMILES string of the molecule is CC1(CCc2ccccc2)CC(=O)c2ccc(C(F)(F)F)cc2O1. The van der Waals surface area contributed by atoms with Gasteiger partial charge >= 0.3 is 6.18 Å². The molecule has 0 spiro atoms. The number of Topliss-reactive ketones (excluding diaryl/α,β-unsaturated/α-hetero) is 1. The van der Waals surface area contributed by atoms with Crippen molar-refractivity contribution in [3.63, 3.8) is 0 Å². The van der Waals surface area contributed by atoms with E-state index in [9.17, 15) is 18.0 Å². The number of aryl methyl sites for hydroxylation is 1. The van der Waals surface area contributed by atoms with E-state index in [1.54, 1.807) is 6.92 Å². The van der Waals surface area contributed by atoms with Crippen molar-refractivity contribution in [2.24, 2.45) is 0 Å². The summed E-state index contributed by atoms with van der Waals surface area (Å²) in [5.41, 5.74) is -0.282. The quantitative estimate of drug-likeness (QED) is 0.784. The number of hydrogen-bond acceptors (Lipinski definition) is 2. The fourth-order valence-corrected chi connectivity index (χ4v) is 2.94. The van der Waals surface area contributed by atoms with E-state index in [0.717, 1.165) is 17.7 Å². The van der Waals surface area contributed by atoms with E-state index in [1.165, 1.54) is 6.07 Å². The zero-order valence-electron chi connectivity index (χ0n) is 13.2. The van der Waals surface area contributed by atoms with Crippen molar-refractivity contribution in [2.45, 2.75) is 38.0 Å². The van der Waals surface area contributed by atoms with Crippen LogP contribution in [0.2, 0.25) is 0 Å². The van der Waals surface area contributed by atoms with Gasteiger partial charge in [0.15, 0.2) is 5.78 Å². The van der Waals surface area contributed by atoms with Crippen molar-refractivity contribution < 1.29 is 22.7 Å². The number of rotatable bonds is 3. The predicted octanol–water partition coefficient (Wildman–Crippen LogP) is 5.06. The molecule has 1 heterocycles. The molecule has 0 saturated carbocycles. The first-order chi connectivity index (χ1) is 11.3. The molecule has 0 amide bonds. The molecule has 0 N–H and O–H groups in total. The molecular weight excluding hydrogens is 317 g/mol. The lowest BCUT2D eigenvalue weighted by Crippen LogP contribution is -2.39. The molecule has 0 saturated heterocycles. The Morgan fingerprint density at radius 3 is 2.50 bits per heavy atom. The lowest BCUT2D eigenvalue weighted by molar-refractivity contribution is -0.137. The summed E-state index contributed by atoms with van der Waals surface area (Å²) in [7, 11) is 0. The topological polar surface area (TPSA) is 26.3 Å². The zero-order chi connectivity index (χ0) is 17.4. The smallest absolute Gasteiger partial charge is 0.416 e. The summed E-state index contributed by atoms with van der Waals surface area (Å²) in [6.45, 7) is 1.77. The third-order valence-electron chi connectivity index (χ3n) is 4.29. The highest BCUT2D eigenvalue weighted by Gasteiger charge is 2.38. The summed E-state index contributed by atoms with van der Waals surface area (Å²) in [5, 5.41) is 0. The maximum atomic E-state index is 12.9. The van der Waals surface area contributed by atoms with Crippen LogP contribution in [0.15, 0.2) is 48.5 Å². The third kappa shape index (κ3) is 3.45. The van der Waals surface area contributed by atoms with E-state index >= 15 is 0 Å². The first-order valence-electron chi connectivity index (χ1n) is 7.74. The predicted molar refractivity (Wildman–Crippen MR) is 84.2 cm³/mol. The second-order valence-electron chi connectivity index (χ2n) is 6.35. The minimum Gasteiger partial charge on any atom is -0.486 e. The van der Waals surface area contributed by atoms with Crippen LogP contribution in [0.1, 0.15) is 41.3 Å². The van der Waals surface area contributed by atoms with Gasteiger partial charge in [0, 0.05) is 0 Å². The molecule has 126 valence electrons. The van der Waals surface area contributed by atoms with Crippen LogP contribution in [0.4, 0.5) is 13.2 Å². The summed E-state index contributed by atoms with van der Waals surface area (Å²) < 4.78 is 44.5. The van der Waals surface area contributed by atoms with Gasteiger partial charge in [-0.15, -0.1) is 0 Å². The molecule has 1 unspecified atom stereocenters. The molecule has 0 radical (unpaired) electrons. The first kappa shape index (κ1) is 16.6. The van der Waals surface area contributed by atoms with Crippen molar-refractivity contribution in [3.05, 3.63) is 65.2 Å². The van der Waals surface area contributed by atoms with Gasteiger partial charge in [-0.3, -0.25) is 4.79 Å². The summed E-state index contributed by atoms with van der Waals surface area (Å²) in [6, 6.07) is 12.8. The molecule has 1 aliphatic rings. The van der Waals surface area contributed by atoms with E-state index in [2.05, 4.69) is 0 Å². The van der Waals surface area contributed by atoms with E-state index < -0.39 is 17.3 Å². The molecule has 0 bridgehead atoms. The van der Waals surface area contributed by atoms with Crippen LogP contribution < -0.4 is 4.74 Å². The number of ether oxygens (including phenoxy) is 1. The Morgan fingerprint density at radius 1 is 1.12 bits per heavy atom. The summed E-state index contributed by atoms with van der Waals surface area (Å²) in [4.78, 5) is 12.3. The van der Waals surface area contributed by atoms with Gasteiger partial charge in [0.1, 0.15) is 11.4 Å². The number of carbonyl (C=O) groups excluding carboxylic acids is 1. The number of fused-ring (bicyclic) bond motifs is 1. The molecule has 0 aliphatic carbocycles. The lowest BCUT2D eigenvalue weighted by Gasteiger charge is -2.35. The van der Waals surface area contributed by atoms with Crippen LogP contribution in [0, 0.1) is 0 Å². The second-order valence-corrected chi connectivity index (χ2v) is 6.35. The summed E-state index contributed by atoms with van der Waals surface area (Å²) >= 11 is 0. The highest BCUT2D eigenvalue weighted by molar-refractivity contribution is 6.00. The van der Waals surface area contributed by atoms with E-state index in [-0.39, 0.29) is 23.5 Å². The van der Waals surface area contributed by atoms with Crippen LogP contribution in [-0.4, -0.2) is 11.4 Å². The Labute approximate surface area is 138 Å². The van der Waals surface area contributed by atoms with Crippen LogP contribution in [0.3, 0.4) is 0 Å².